The van der Waals surface area contributed by atoms with Crippen LogP contribution in [0.25, 0.3) is 0 Å². The van der Waals surface area contributed by atoms with E-state index >= 15 is 0 Å². The fraction of sp³-hybridized carbons (Fsp3) is 0.375. The molecule has 0 aromatic carbocycles. The van der Waals surface area contributed by atoms with Gasteiger partial charge in [0.2, 0.25) is 0 Å². The Morgan fingerprint density at radius 1 is 1.38 bits per heavy atom. The molecule has 1 unspecified atom stereocenters. The van der Waals surface area contributed by atoms with Gasteiger partial charge in [-0.3, -0.25) is 4.98 Å². The molecule has 5 heteroatoms. The molecule has 0 amide bonds. The van der Waals surface area contributed by atoms with Crippen LogP contribution in [-0.4, -0.2) is 29.1 Å². The summed E-state index contributed by atoms with van der Waals surface area (Å²) in [5.41, 5.74) is 2.45. The highest BCUT2D eigenvalue weighted by molar-refractivity contribution is 5.41. The minimum atomic E-state index is -0.249. The van der Waals surface area contributed by atoms with E-state index in [-0.39, 0.29) is 5.82 Å². The number of rotatable bonds is 4. The molecule has 1 aliphatic rings. The zero-order valence-electron chi connectivity index (χ0n) is 12.1. The average molecular weight is 286 g/mol. The van der Waals surface area contributed by atoms with Gasteiger partial charge in [-0.05, 0) is 42.7 Å². The van der Waals surface area contributed by atoms with E-state index in [0.29, 0.717) is 11.9 Å². The second kappa shape index (κ2) is 6.18. The molecule has 4 nitrogen and oxygen atoms in total. The first-order valence-electron chi connectivity index (χ1n) is 7.22. The molecule has 3 heterocycles. The normalized spacial score (nSPS) is 18.2. The van der Waals surface area contributed by atoms with Crippen LogP contribution in [0.1, 0.15) is 17.5 Å². The predicted molar refractivity (Wildman–Crippen MR) is 80.6 cm³/mol. The average Bonchev–Trinajstić information content (AvgIpc) is 2.96. The Bertz CT molecular complexity index is 617. The maximum atomic E-state index is 13.7. The second-order valence-electron chi connectivity index (χ2n) is 5.42. The highest BCUT2D eigenvalue weighted by atomic mass is 19.1. The number of anilines is 1. The third kappa shape index (κ3) is 3.19. The maximum absolute atomic E-state index is 13.7. The molecule has 0 saturated carbocycles. The summed E-state index contributed by atoms with van der Waals surface area (Å²) in [5.74, 6) is 0.209. The number of nitrogens with zero attached hydrogens (tertiary/aromatic N) is 3. The van der Waals surface area contributed by atoms with Gasteiger partial charge in [-0.1, -0.05) is 0 Å². The Labute approximate surface area is 124 Å². The third-order valence-corrected chi connectivity index (χ3v) is 3.96. The van der Waals surface area contributed by atoms with Crippen molar-refractivity contribution < 1.29 is 4.39 Å². The molecule has 1 fully saturated rings. The minimum absolute atomic E-state index is 0.249. The largest absolute Gasteiger partial charge is 0.353 e. The lowest BCUT2D eigenvalue weighted by Gasteiger charge is -2.18. The molecule has 0 bridgehead atoms. The number of aromatic nitrogens is 2. The van der Waals surface area contributed by atoms with E-state index in [2.05, 4.69) is 22.2 Å². The Morgan fingerprint density at radius 2 is 2.29 bits per heavy atom. The molecule has 21 heavy (non-hydrogen) atoms. The van der Waals surface area contributed by atoms with Crippen molar-refractivity contribution in [2.75, 3.05) is 18.0 Å². The summed E-state index contributed by atoms with van der Waals surface area (Å²) in [6.45, 7) is 4.50. The summed E-state index contributed by atoms with van der Waals surface area (Å²) in [6.07, 6.45) is 6.33. The van der Waals surface area contributed by atoms with E-state index in [1.165, 1.54) is 17.2 Å². The summed E-state index contributed by atoms with van der Waals surface area (Å²) < 4.78 is 13.7. The van der Waals surface area contributed by atoms with Gasteiger partial charge < -0.3 is 10.2 Å². The molecule has 0 radical (unpaired) electrons. The molecule has 1 saturated heterocycles. The van der Waals surface area contributed by atoms with E-state index in [0.717, 1.165) is 26.1 Å². The minimum Gasteiger partial charge on any atom is -0.353 e. The lowest BCUT2D eigenvalue weighted by molar-refractivity contribution is 0.548. The first-order valence-corrected chi connectivity index (χ1v) is 7.22. The zero-order valence-corrected chi connectivity index (χ0v) is 12.1. The van der Waals surface area contributed by atoms with Gasteiger partial charge in [-0.15, -0.1) is 0 Å². The number of halogens is 1. The smallest absolute Gasteiger partial charge is 0.165 e. The maximum Gasteiger partial charge on any atom is 0.165 e. The van der Waals surface area contributed by atoms with Gasteiger partial charge in [0.05, 0.1) is 0 Å². The fourth-order valence-corrected chi connectivity index (χ4v) is 2.67. The molecule has 110 valence electrons. The van der Waals surface area contributed by atoms with Crippen LogP contribution in [-0.2, 0) is 6.54 Å². The summed E-state index contributed by atoms with van der Waals surface area (Å²) >= 11 is 0. The van der Waals surface area contributed by atoms with Crippen LogP contribution in [0.4, 0.5) is 10.2 Å². The summed E-state index contributed by atoms with van der Waals surface area (Å²) in [7, 11) is 0. The number of aryl methyl sites for hydroxylation is 1. The van der Waals surface area contributed by atoms with Gasteiger partial charge in [0, 0.05) is 44.3 Å². The van der Waals surface area contributed by atoms with Crippen molar-refractivity contribution in [3.8, 4) is 0 Å². The van der Waals surface area contributed by atoms with Crippen molar-refractivity contribution in [3.63, 3.8) is 0 Å². The Kier molecular flexibility index (Phi) is 4.10. The molecule has 1 aliphatic heterocycles. The molecule has 2 aromatic heterocycles. The third-order valence-electron chi connectivity index (χ3n) is 3.96. The summed E-state index contributed by atoms with van der Waals surface area (Å²) in [5, 5.41) is 3.53. The zero-order chi connectivity index (χ0) is 14.7. The highest BCUT2D eigenvalue weighted by Crippen LogP contribution is 2.21. The lowest BCUT2D eigenvalue weighted by Crippen LogP contribution is -2.32. The van der Waals surface area contributed by atoms with Gasteiger partial charge in [0.15, 0.2) is 11.6 Å². The van der Waals surface area contributed by atoms with Crippen LogP contribution in [0, 0.1) is 12.7 Å². The van der Waals surface area contributed by atoms with E-state index in [1.54, 1.807) is 18.5 Å². The van der Waals surface area contributed by atoms with Crippen molar-refractivity contribution in [3.05, 3.63) is 53.7 Å². The van der Waals surface area contributed by atoms with Crippen molar-refractivity contribution in [2.24, 2.45) is 0 Å². The predicted octanol–water partition coefficient (Wildman–Crippen LogP) is 2.29. The molecule has 2 aromatic rings. The quantitative estimate of drug-likeness (QED) is 0.936. The fourth-order valence-electron chi connectivity index (χ4n) is 2.67. The van der Waals surface area contributed by atoms with Crippen LogP contribution in [0.3, 0.4) is 0 Å². The number of pyridine rings is 2. The van der Waals surface area contributed by atoms with Crippen LogP contribution in [0.5, 0.6) is 0 Å². The molecule has 1 N–H and O–H groups in total. The van der Waals surface area contributed by atoms with Crippen LogP contribution in [0.2, 0.25) is 0 Å². The van der Waals surface area contributed by atoms with E-state index in [4.69, 9.17) is 0 Å². The number of hydrogen-bond acceptors (Lipinski definition) is 4. The number of hydrogen-bond donors (Lipinski definition) is 1. The van der Waals surface area contributed by atoms with Crippen LogP contribution >= 0.6 is 0 Å². The lowest BCUT2D eigenvalue weighted by atomic mass is 10.1. The first-order chi connectivity index (χ1) is 10.2. The Morgan fingerprint density at radius 3 is 3.10 bits per heavy atom. The van der Waals surface area contributed by atoms with Gasteiger partial charge in [0.25, 0.3) is 0 Å². The summed E-state index contributed by atoms with van der Waals surface area (Å²) in [6, 6.07) is 5.45. The molecule has 0 aliphatic carbocycles. The van der Waals surface area contributed by atoms with Gasteiger partial charge in [0.1, 0.15) is 0 Å². The van der Waals surface area contributed by atoms with E-state index in [9.17, 15) is 4.39 Å². The number of nitrogens with one attached hydrogen (secondary N) is 1. The standard InChI is InChI=1S/C16H19FN4/c1-12-4-7-18-9-13(12)10-20-14-5-8-21(11-14)16-15(17)3-2-6-19-16/h2-4,6-7,9,14,20H,5,8,10-11H2,1H3. The van der Waals surface area contributed by atoms with E-state index in [1.807, 2.05) is 17.2 Å². The molecule has 3 rings (SSSR count). The molecule has 0 spiro atoms. The molecular formula is C16H19FN4. The topological polar surface area (TPSA) is 41.1 Å². The van der Waals surface area contributed by atoms with Crippen molar-refractivity contribution in [1.29, 1.82) is 0 Å². The Hall–Kier alpha value is -2.01. The highest BCUT2D eigenvalue weighted by Gasteiger charge is 2.24. The molecular weight excluding hydrogens is 267 g/mol. The van der Waals surface area contributed by atoms with Crippen LogP contribution < -0.4 is 10.2 Å². The summed E-state index contributed by atoms with van der Waals surface area (Å²) in [4.78, 5) is 10.3. The van der Waals surface area contributed by atoms with Gasteiger partial charge in [-0.25, -0.2) is 9.37 Å². The van der Waals surface area contributed by atoms with Crippen molar-refractivity contribution in [2.45, 2.75) is 25.9 Å². The van der Waals surface area contributed by atoms with Gasteiger partial charge in [-0.2, -0.15) is 0 Å². The Balaban J connectivity index is 1.58. The first kappa shape index (κ1) is 13.9. The van der Waals surface area contributed by atoms with Crippen molar-refractivity contribution in [1.82, 2.24) is 15.3 Å². The SMILES string of the molecule is Cc1ccncc1CNC1CCN(c2ncccc2F)C1. The van der Waals surface area contributed by atoms with Crippen LogP contribution in [0.15, 0.2) is 36.8 Å². The molecule has 1 atom stereocenters. The van der Waals surface area contributed by atoms with Gasteiger partial charge >= 0.3 is 0 Å². The second-order valence-corrected chi connectivity index (χ2v) is 5.42. The van der Waals surface area contributed by atoms with E-state index < -0.39 is 0 Å². The monoisotopic (exact) mass is 286 g/mol. The van der Waals surface area contributed by atoms with Crippen molar-refractivity contribution >= 4 is 5.82 Å².